The van der Waals surface area contributed by atoms with Crippen LogP contribution in [-0.2, 0) is 16.1 Å². The average Bonchev–Trinajstić information content (AvgIpc) is 3.01. The summed E-state index contributed by atoms with van der Waals surface area (Å²) in [5, 5.41) is 3.15. The third kappa shape index (κ3) is 5.59. The number of anilines is 1. The van der Waals surface area contributed by atoms with Crippen molar-refractivity contribution in [3.05, 3.63) is 59.7 Å². The number of likely N-dealkylation sites (tertiary alicyclic amines) is 1. The quantitative estimate of drug-likeness (QED) is 0.753. The van der Waals surface area contributed by atoms with Crippen LogP contribution in [0.1, 0.15) is 35.2 Å². The lowest BCUT2D eigenvalue weighted by Gasteiger charge is -2.29. The first-order valence-electron chi connectivity index (χ1n) is 11.3. The molecule has 4 rings (SSSR count). The number of methoxy groups -OCH3 is 1. The van der Waals surface area contributed by atoms with E-state index in [0.29, 0.717) is 44.7 Å². The molecule has 2 aromatic carbocycles. The van der Waals surface area contributed by atoms with Gasteiger partial charge >= 0.3 is 0 Å². The number of morpholine rings is 1. The zero-order chi connectivity index (χ0) is 22.3. The molecule has 0 saturated carbocycles. The fourth-order valence-electron chi connectivity index (χ4n) is 4.27. The maximum absolute atomic E-state index is 12.9. The molecule has 2 fully saturated rings. The maximum atomic E-state index is 12.9. The minimum atomic E-state index is -0.0844. The molecular weight excluding hydrogens is 406 g/mol. The summed E-state index contributed by atoms with van der Waals surface area (Å²) in [7, 11) is 1.64. The van der Waals surface area contributed by atoms with Crippen LogP contribution in [-0.4, -0.2) is 62.7 Å². The minimum absolute atomic E-state index is 0.0196. The number of hydrogen-bond acceptors (Lipinski definition) is 5. The SMILES string of the molecule is COc1cccc(CN2CCC(NC(=O)c3cccc(N4CCOCC4)c3)CCC2=O)c1. The second-order valence-corrected chi connectivity index (χ2v) is 8.31. The smallest absolute Gasteiger partial charge is 0.251 e. The lowest BCUT2D eigenvalue weighted by molar-refractivity contribution is -0.131. The number of ether oxygens (including phenoxy) is 2. The third-order valence-corrected chi connectivity index (χ3v) is 6.13. The van der Waals surface area contributed by atoms with Gasteiger partial charge in [-0.25, -0.2) is 0 Å². The van der Waals surface area contributed by atoms with E-state index in [0.717, 1.165) is 36.5 Å². The zero-order valence-electron chi connectivity index (χ0n) is 18.6. The van der Waals surface area contributed by atoms with Gasteiger partial charge in [0.05, 0.1) is 20.3 Å². The van der Waals surface area contributed by atoms with Gasteiger partial charge < -0.3 is 24.6 Å². The lowest BCUT2D eigenvalue weighted by atomic mass is 10.1. The molecule has 2 saturated heterocycles. The van der Waals surface area contributed by atoms with E-state index in [-0.39, 0.29) is 17.9 Å². The first kappa shape index (κ1) is 22.1. The third-order valence-electron chi connectivity index (χ3n) is 6.13. The second kappa shape index (κ2) is 10.5. The van der Waals surface area contributed by atoms with Crippen molar-refractivity contribution in [2.24, 2.45) is 0 Å². The van der Waals surface area contributed by atoms with Gasteiger partial charge in [0.2, 0.25) is 5.91 Å². The molecule has 0 radical (unpaired) electrons. The van der Waals surface area contributed by atoms with Gasteiger partial charge in [-0.15, -0.1) is 0 Å². The van der Waals surface area contributed by atoms with E-state index in [1.807, 2.05) is 53.4 Å². The van der Waals surface area contributed by atoms with Crippen LogP contribution < -0.4 is 15.0 Å². The zero-order valence-corrected chi connectivity index (χ0v) is 18.6. The van der Waals surface area contributed by atoms with Gasteiger partial charge in [0, 0.05) is 49.9 Å². The molecule has 170 valence electrons. The van der Waals surface area contributed by atoms with E-state index >= 15 is 0 Å². The Morgan fingerprint density at radius 3 is 2.72 bits per heavy atom. The highest BCUT2D eigenvalue weighted by molar-refractivity contribution is 5.95. The van der Waals surface area contributed by atoms with Crippen LogP contribution in [0, 0.1) is 0 Å². The van der Waals surface area contributed by atoms with Crippen molar-refractivity contribution < 1.29 is 19.1 Å². The van der Waals surface area contributed by atoms with E-state index in [1.165, 1.54) is 0 Å². The standard InChI is InChI=1S/C25H31N3O4/c1-31-23-7-2-4-19(16-23)18-28-11-10-21(8-9-24(28)29)26-25(30)20-5-3-6-22(17-20)27-12-14-32-15-13-27/h2-7,16-17,21H,8-15,18H2,1H3,(H,26,30). The molecule has 1 N–H and O–H groups in total. The van der Waals surface area contributed by atoms with Crippen molar-refractivity contribution in [3.8, 4) is 5.75 Å². The Labute approximate surface area is 189 Å². The molecule has 1 atom stereocenters. The van der Waals surface area contributed by atoms with Crippen LogP contribution in [0.2, 0.25) is 0 Å². The number of nitrogens with one attached hydrogen (secondary N) is 1. The predicted molar refractivity (Wildman–Crippen MR) is 123 cm³/mol. The molecule has 2 aliphatic heterocycles. The Morgan fingerprint density at radius 1 is 1.09 bits per heavy atom. The lowest BCUT2D eigenvalue weighted by Crippen LogP contribution is -2.37. The van der Waals surface area contributed by atoms with Crippen molar-refractivity contribution >= 4 is 17.5 Å². The number of carbonyl (C=O) groups excluding carboxylic acids is 2. The van der Waals surface area contributed by atoms with Crippen molar-refractivity contribution in [2.75, 3.05) is 44.9 Å². The summed E-state index contributed by atoms with van der Waals surface area (Å²) < 4.78 is 10.7. The second-order valence-electron chi connectivity index (χ2n) is 8.31. The van der Waals surface area contributed by atoms with Crippen LogP contribution in [0.15, 0.2) is 48.5 Å². The molecule has 32 heavy (non-hydrogen) atoms. The molecule has 0 aliphatic carbocycles. The number of carbonyl (C=O) groups is 2. The van der Waals surface area contributed by atoms with E-state index in [9.17, 15) is 9.59 Å². The Kier molecular flexibility index (Phi) is 7.27. The molecular formula is C25H31N3O4. The van der Waals surface area contributed by atoms with E-state index in [2.05, 4.69) is 10.2 Å². The summed E-state index contributed by atoms with van der Waals surface area (Å²) in [6, 6.07) is 15.5. The maximum Gasteiger partial charge on any atom is 0.251 e. The molecule has 7 nitrogen and oxygen atoms in total. The highest BCUT2D eigenvalue weighted by atomic mass is 16.5. The summed E-state index contributed by atoms with van der Waals surface area (Å²) in [6.45, 7) is 4.25. The monoisotopic (exact) mass is 437 g/mol. The molecule has 2 aliphatic rings. The highest BCUT2D eigenvalue weighted by Crippen LogP contribution is 2.20. The molecule has 0 spiro atoms. The average molecular weight is 438 g/mol. The molecule has 7 heteroatoms. The fraction of sp³-hybridized carbons (Fsp3) is 0.440. The Bertz CT molecular complexity index is 942. The first-order chi connectivity index (χ1) is 15.6. The van der Waals surface area contributed by atoms with Crippen molar-refractivity contribution in [2.45, 2.75) is 31.8 Å². The largest absolute Gasteiger partial charge is 0.497 e. The van der Waals surface area contributed by atoms with Crippen molar-refractivity contribution in [1.29, 1.82) is 0 Å². The number of nitrogens with zero attached hydrogens (tertiary/aromatic N) is 2. The van der Waals surface area contributed by atoms with Gasteiger partial charge in [-0.2, -0.15) is 0 Å². The van der Waals surface area contributed by atoms with E-state index < -0.39 is 0 Å². The van der Waals surface area contributed by atoms with Crippen LogP contribution in [0.25, 0.3) is 0 Å². The van der Waals surface area contributed by atoms with Gasteiger partial charge in [-0.1, -0.05) is 18.2 Å². The van der Waals surface area contributed by atoms with Gasteiger partial charge in [-0.05, 0) is 48.7 Å². The highest BCUT2D eigenvalue weighted by Gasteiger charge is 2.24. The van der Waals surface area contributed by atoms with Gasteiger partial charge in [0.15, 0.2) is 0 Å². The number of rotatable bonds is 6. The summed E-state index contributed by atoms with van der Waals surface area (Å²) in [5.74, 6) is 0.826. The van der Waals surface area contributed by atoms with E-state index in [1.54, 1.807) is 7.11 Å². The number of hydrogen-bond donors (Lipinski definition) is 1. The van der Waals surface area contributed by atoms with Gasteiger partial charge in [0.25, 0.3) is 5.91 Å². The minimum Gasteiger partial charge on any atom is -0.497 e. The summed E-state index contributed by atoms with van der Waals surface area (Å²) in [5.41, 5.74) is 2.74. The van der Waals surface area contributed by atoms with Crippen LogP contribution in [0.3, 0.4) is 0 Å². The van der Waals surface area contributed by atoms with Crippen molar-refractivity contribution in [3.63, 3.8) is 0 Å². The summed E-state index contributed by atoms with van der Waals surface area (Å²) >= 11 is 0. The van der Waals surface area contributed by atoms with E-state index in [4.69, 9.17) is 9.47 Å². The molecule has 2 aromatic rings. The Morgan fingerprint density at radius 2 is 1.91 bits per heavy atom. The summed E-state index contributed by atoms with van der Waals surface area (Å²) in [6.07, 6.45) is 1.83. The molecule has 1 unspecified atom stereocenters. The van der Waals surface area contributed by atoms with Crippen LogP contribution in [0.5, 0.6) is 5.75 Å². The van der Waals surface area contributed by atoms with Gasteiger partial charge in [-0.3, -0.25) is 9.59 Å². The molecule has 0 bridgehead atoms. The Balaban J connectivity index is 1.35. The summed E-state index contributed by atoms with van der Waals surface area (Å²) in [4.78, 5) is 29.7. The van der Waals surface area contributed by atoms with Crippen LogP contribution in [0.4, 0.5) is 5.69 Å². The van der Waals surface area contributed by atoms with Crippen LogP contribution >= 0.6 is 0 Å². The molecule has 2 amide bonds. The number of benzene rings is 2. The van der Waals surface area contributed by atoms with Gasteiger partial charge in [0.1, 0.15) is 5.75 Å². The number of amides is 2. The molecule has 0 aromatic heterocycles. The fourth-order valence-corrected chi connectivity index (χ4v) is 4.27. The Hall–Kier alpha value is -3.06. The normalized spacial score (nSPS) is 19.4. The predicted octanol–water partition coefficient (Wildman–Crippen LogP) is 2.84. The van der Waals surface area contributed by atoms with Crippen molar-refractivity contribution in [1.82, 2.24) is 10.2 Å². The topological polar surface area (TPSA) is 71.1 Å². The molecule has 2 heterocycles. The first-order valence-corrected chi connectivity index (χ1v) is 11.3.